The molecule has 1 aromatic heterocycles. The molecule has 108 valence electrons. The van der Waals surface area contributed by atoms with E-state index in [-0.39, 0.29) is 0 Å². The van der Waals surface area contributed by atoms with E-state index in [1.165, 1.54) is 5.56 Å². The molecule has 0 aliphatic rings. The zero-order valence-corrected chi connectivity index (χ0v) is 12.7. The topological polar surface area (TPSA) is 55.0 Å². The number of rotatable bonds is 3. The maximum Gasteiger partial charge on any atom is 0.341 e. The van der Waals surface area contributed by atoms with E-state index in [4.69, 9.17) is 10.00 Å². The number of carbonyl (C=O) groups excluding carboxylic acids is 1. The van der Waals surface area contributed by atoms with Crippen LogP contribution in [0.4, 0.5) is 0 Å². The number of esters is 1. The molecule has 0 amide bonds. The molecule has 0 N–H and O–H groups in total. The molecule has 0 fully saturated rings. The van der Waals surface area contributed by atoms with Crippen molar-refractivity contribution in [3.63, 3.8) is 0 Å². The molecule has 0 aliphatic heterocycles. The summed E-state index contributed by atoms with van der Waals surface area (Å²) < 4.78 is 7.08. The largest absolute Gasteiger partial charge is 0.444 e. The van der Waals surface area contributed by atoms with Crippen molar-refractivity contribution < 1.29 is 9.53 Å². The standard InChI is InChI=1S/C17H18N2O2/c1-11-5-7-15(8-6-11)19-12(2)9-16(14(19)4)17(20)21-13(3)10-18/h5-9,13H,1-4H3/t13-/m1/s1. The van der Waals surface area contributed by atoms with Gasteiger partial charge in [-0.3, -0.25) is 0 Å². The fraction of sp³-hybridized carbons (Fsp3) is 0.294. The first-order valence-corrected chi connectivity index (χ1v) is 6.80. The first-order valence-electron chi connectivity index (χ1n) is 6.80. The third-order valence-electron chi connectivity index (χ3n) is 3.41. The van der Waals surface area contributed by atoms with Gasteiger partial charge in [-0.25, -0.2) is 4.79 Å². The van der Waals surface area contributed by atoms with Crippen LogP contribution in [0.15, 0.2) is 30.3 Å². The molecule has 2 aromatic rings. The highest BCUT2D eigenvalue weighted by Crippen LogP contribution is 2.22. The monoisotopic (exact) mass is 282 g/mol. The maximum atomic E-state index is 12.1. The van der Waals surface area contributed by atoms with Crippen molar-refractivity contribution in [2.75, 3.05) is 0 Å². The van der Waals surface area contributed by atoms with Gasteiger partial charge in [-0.15, -0.1) is 0 Å². The summed E-state index contributed by atoms with van der Waals surface area (Å²) in [7, 11) is 0. The smallest absolute Gasteiger partial charge is 0.341 e. The van der Waals surface area contributed by atoms with Gasteiger partial charge in [0.2, 0.25) is 0 Å². The minimum Gasteiger partial charge on any atom is -0.444 e. The van der Waals surface area contributed by atoms with Gasteiger partial charge in [-0.05, 0) is 45.9 Å². The zero-order chi connectivity index (χ0) is 15.6. The van der Waals surface area contributed by atoms with E-state index in [0.29, 0.717) is 5.56 Å². The van der Waals surface area contributed by atoms with Crippen molar-refractivity contribution in [2.24, 2.45) is 0 Å². The fourth-order valence-corrected chi connectivity index (χ4v) is 2.31. The summed E-state index contributed by atoms with van der Waals surface area (Å²) in [5.74, 6) is -0.462. The lowest BCUT2D eigenvalue weighted by atomic mass is 10.2. The van der Waals surface area contributed by atoms with E-state index in [1.54, 1.807) is 13.0 Å². The molecule has 0 radical (unpaired) electrons. The number of nitriles is 1. The Morgan fingerprint density at radius 2 is 1.86 bits per heavy atom. The lowest BCUT2D eigenvalue weighted by Gasteiger charge is -2.10. The van der Waals surface area contributed by atoms with Gasteiger partial charge >= 0.3 is 5.97 Å². The van der Waals surface area contributed by atoms with Crippen LogP contribution in [-0.2, 0) is 4.74 Å². The Hall–Kier alpha value is -2.54. The van der Waals surface area contributed by atoms with Crippen molar-refractivity contribution in [2.45, 2.75) is 33.8 Å². The zero-order valence-electron chi connectivity index (χ0n) is 12.7. The highest BCUT2D eigenvalue weighted by Gasteiger charge is 2.19. The van der Waals surface area contributed by atoms with Gasteiger partial charge in [0, 0.05) is 17.1 Å². The predicted octanol–water partition coefficient (Wildman–Crippen LogP) is 3.47. The number of benzene rings is 1. The number of hydrogen-bond acceptors (Lipinski definition) is 3. The Morgan fingerprint density at radius 1 is 1.24 bits per heavy atom. The van der Waals surface area contributed by atoms with E-state index in [1.807, 2.05) is 55.7 Å². The number of aryl methyl sites for hydroxylation is 2. The molecule has 4 heteroatoms. The molecule has 1 aromatic carbocycles. The summed E-state index contributed by atoms with van der Waals surface area (Å²) in [5, 5.41) is 8.73. The normalized spacial score (nSPS) is 11.8. The van der Waals surface area contributed by atoms with Crippen LogP contribution in [0.2, 0.25) is 0 Å². The molecule has 0 saturated heterocycles. The van der Waals surface area contributed by atoms with E-state index in [9.17, 15) is 4.79 Å². The Morgan fingerprint density at radius 3 is 2.43 bits per heavy atom. The van der Waals surface area contributed by atoms with Crippen LogP contribution in [-0.4, -0.2) is 16.6 Å². The third kappa shape index (κ3) is 2.97. The molecule has 0 aliphatic carbocycles. The van der Waals surface area contributed by atoms with Crippen LogP contribution in [0.1, 0.15) is 34.2 Å². The molecule has 2 rings (SSSR count). The molecule has 0 saturated carbocycles. The van der Waals surface area contributed by atoms with Crippen LogP contribution >= 0.6 is 0 Å². The molecule has 21 heavy (non-hydrogen) atoms. The number of carbonyl (C=O) groups is 1. The van der Waals surface area contributed by atoms with Crippen molar-refractivity contribution in [1.82, 2.24) is 4.57 Å². The summed E-state index contributed by atoms with van der Waals surface area (Å²) >= 11 is 0. The Labute approximate surface area is 124 Å². The molecule has 1 atom stereocenters. The van der Waals surface area contributed by atoms with E-state index in [0.717, 1.165) is 17.1 Å². The van der Waals surface area contributed by atoms with Crippen LogP contribution < -0.4 is 0 Å². The Bertz CT molecular complexity index is 706. The highest BCUT2D eigenvalue weighted by molar-refractivity contribution is 5.91. The molecule has 0 spiro atoms. The van der Waals surface area contributed by atoms with Crippen molar-refractivity contribution in [3.05, 3.63) is 52.8 Å². The van der Waals surface area contributed by atoms with Crippen molar-refractivity contribution in [3.8, 4) is 11.8 Å². The highest BCUT2D eigenvalue weighted by atomic mass is 16.5. The predicted molar refractivity (Wildman–Crippen MR) is 80.5 cm³/mol. The van der Waals surface area contributed by atoms with Crippen LogP contribution in [0.25, 0.3) is 5.69 Å². The molecule has 4 nitrogen and oxygen atoms in total. The SMILES string of the molecule is Cc1ccc(-n2c(C)cc(C(=O)O[C@H](C)C#N)c2C)cc1. The molecule has 0 unspecified atom stereocenters. The maximum absolute atomic E-state index is 12.1. The van der Waals surface area contributed by atoms with Gasteiger partial charge in [0.25, 0.3) is 0 Å². The van der Waals surface area contributed by atoms with E-state index in [2.05, 4.69) is 0 Å². The van der Waals surface area contributed by atoms with Crippen molar-refractivity contribution >= 4 is 5.97 Å². The summed E-state index contributed by atoms with van der Waals surface area (Å²) in [4.78, 5) is 12.1. The van der Waals surface area contributed by atoms with Gasteiger partial charge in [-0.1, -0.05) is 17.7 Å². The Kier molecular flexibility index (Phi) is 4.13. The average molecular weight is 282 g/mol. The summed E-state index contributed by atoms with van der Waals surface area (Å²) in [5.41, 5.74) is 4.45. The third-order valence-corrected chi connectivity index (χ3v) is 3.41. The van der Waals surface area contributed by atoms with E-state index < -0.39 is 12.1 Å². The lowest BCUT2D eigenvalue weighted by Crippen LogP contribution is -2.13. The van der Waals surface area contributed by atoms with Gasteiger partial charge < -0.3 is 9.30 Å². The minimum absolute atomic E-state index is 0.462. The van der Waals surface area contributed by atoms with Gasteiger partial charge in [0.15, 0.2) is 6.10 Å². The lowest BCUT2D eigenvalue weighted by molar-refractivity contribution is 0.0434. The first-order chi connectivity index (χ1) is 9.93. The summed E-state index contributed by atoms with van der Waals surface area (Å²) in [6, 6.07) is 11.8. The van der Waals surface area contributed by atoms with Crippen molar-refractivity contribution in [1.29, 1.82) is 5.26 Å². The summed E-state index contributed by atoms with van der Waals surface area (Å²) in [6.07, 6.45) is -0.750. The molecule has 0 bridgehead atoms. The van der Waals surface area contributed by atoms with Crippen LogP contribution in [0, 0.1) is 32.1 Å². The average Bonchev–Trinajstić information content (AvgIpc) is 2.75. The second-order valence-electron chi connectivity index (χ2n) is 5.13. The molecular weight excluding hydrogens is 264 g/mol. The van der Waals surface area contributed by atoms with Crippen LogP contribution in [0.5, 0.6) is 0 Å². The fourth-order valence-electron chi connectivity index (χ4n) is 2.31. The van der Waals surface area contributed by atoms with Gasteiger partial charge in [0.1, 0.15) is 6.07 Å². The number of nitrogens with zero attached hydrogens (tertiary/aromatic N) is 2. The van der Waals surface area contributed by atoms with Gasteiger partial charge in [0.05, 0.1) is 5.56 Å². The number of ether oxygens (including phenoxy) is 1. The molecule has 1 heterocycles. The first kappa shape index (κ1) is 14.9. The minimum atomic E-state index is -0.750. The second-order valence-corrected chi connectivity index (χ2v) is 5.13. The number of hydrogen-bond donors (Lipinski definition) is 0. The Balaban J connectivity index is 2.40. The molecular formula is C17H18N2O2. The summed E-state index contributed by atoms with van der Waals surface area (Å²) in [6.45, 7) is 7.40. The van der Waals surface area contributed by atoms with Crippen LogP contribution in [0.3, 0.4) is 0 Å². The van der Waals surface area contributed by atoms with Gasteiger partial charge in [-0.2, -0.15) is 5.26 Å². The number of aromatic nitrogens is 1. The van der Waals surface area contributed by atoms with E-state index >= 15 is 0 Å². The second kappa shape index (κ2) is 5.84. The quantitative estimate of drug-likeness (QED) is 0.810.